The predicted molar refractivity (Wildman–Crippen MR) is 114 cm³/mol. The lowest BCUT2D eigenvalue weighted by Gasteiger charge is -2.32. The van der Waals surface area contributed by atoms with Crippen molar-refractivity contribution in [2.45, 2.75) is 61.0 Å². The van der Waals surface area contributed by atoms with Crippen LogP contribution in [0.15, 0.2) is 29.2 Å². The number of nitrogens with one attached hydrogen (secondary N) is 2. The van der Waals surface area contributed by atoms with Gasteiger partial charge in [-0.3, -0.25) is 0 Å². The van der Waals surface area contributed by atoms with E-state index in [-0.39, 0.29) is 29.8 Å². The molecule has 3 N–H and O–H groups in total. The van der Waals surface area contributed by atoms with Crippen LogP contribution in [0, 0.1) is 0 Å². The fourth-order valence-electron chi connectivity index (χ4n) is 3.80. The molecule has 1 aromatic rings. The predicted octanol–water partition coefficient (Wildman–Crippen LogP) is 1.25. The average molecular weight is 457 g/mol. The number of carbonyl (C=O) groups is 1. The summed E-state index contributed by atoms with van der Waals surface area (Å²) in [4.78, 5) is 12.2. The number of piperidine rings is 1. The van der Waals surface area contributed by atoms with Gasteiger partial charge in [0.15, 0.2) is 9.84 Å². The summed E-state index contributed by atoms with van der Waals surface area (Å²) in [5.74, 6) is 0.320. The highest BCUT2D eigenvalue weighted by molar-refractivity contribution is 7.92. The van der Waals surface area contributed by atoms with Crippen molar-refractivity contribution in [2.24, 2.45) is 0 Å². The molecule has 1 aromatic carbocycles. The molecular weight excluding hydrogens is 424 g/mol. The Kier molecular flexibility index (Phi) is 7.79. The molecule has 0 bridgehead atoms. The normalized spacial score (nSPS) is 21.7. The molecule has 1 amide bonds. The van der Waals surface area contributed by atoms with E-state index in [0.717, 1.165) is 32.4 Å². The van der Waals surface area contributed by atoms with Crippen LogP contribution in [-0.2, 0) is 19.3 Å². The molecule has 31 heavy (non-hydrogen) atoms. The number of sulfone groups is 1. The molecule has 0 aromatic heterocycles. The molecule has 174 valence electrons. The van der Waals surface area contributed by atoms with Crippen molar-refractivity contribution in [3.63, 3.8) is 0 Å². The minimum Gasteiger partial charge on any atom is -0.491 e. The first kappa shape index (κ1) is 23.8. The van der Waals surface area contributed by atoms with E-state index >= 15 is 0 Å². The van der Waals surface area contributed by atoms with Gasteiger partial charge in [0.25, 0.3) is 0 Å². The van der Waals surface area contributed by atoms with Gasteiger partial charge < -0.3 is 30.0 Å². The lowest BCUT2D eigenvalue weighted by Crippen LogP contribution is -2.43. The highest BCUT2D eigenvalue weighted by Crippen LogP contribution is 2.33. The number of ether oxygens (including phenoxy) is 3. The van der Waals surface area contributed by atoms with Gasteiger partial charge in [-0.1, -0.05) is 6.07 Å². The van der Waals surface area contributed by atoms with E-state index < -0.39 is 27.3 Å². The van der Waals surface area contributed by atoms with Crippen LogP contribution in [0.4, 0.5) is 4.79 Å². The Labute approximate surface area is 183 Å². The third kappa shape index (κ3) is 6.31. The van der Waals surface area contributed by atoms with E-state index in [9.17, 15) is 18.3 Å². The van der Waals surface area contributed by atoms with Gasteiger partial charge in [-0.15, -0.1) is 0 Å². The topological polar surface area (TPSA) is 123 Å². The molecule has 0 radical (unpaired) electrons. The van der Waals surface area contributed by atoms with Gasteiger partial charge >= 0.3 is 6.09 Å². The van der Waals surface area contributed by atoms with Crippen molar-refractivity contribution in [1.29, 1.82) is 0 Å². The number of aliphatic hydroxyl groups excluding tert-OH is 1. The number of benzene rings is 1. The summed E-state index contributed by atoms with van der Waals surface area (Å²) in [5.41, 5.74) is -0.159. The fraction of sp³-hybridized carbons (Fsp3) is 0.667. The Morgan fingerprint density at radius 2 is 2.06 bits per heavy atom. The summed E-state index contributed by atoms with van der Waals surface area (Å²) in [7, 11) is -3.42. The summed E-state index contributed by atoms with van der Waals surface area (Å²) in [6.45, 7) is 5.12. The second-order valence-corrected chi connectivity index (χ2v) is 10.9. The molecular formula is C21H32N2O7S. The van der Waals surface area contributed by atoms with Crippen LogP contribution < -0.4 is 15.4 Å². The van der Waals surface area contributed by atoms with E-state index in [0.29, 0.717) is 12.4 Å². The van der Waals surface area contributed by atoms with Gasteiger partial charge in [0.05, 0.1) is 28.4 Å². The van der Waals surface area contributed by atoms with Crippen LogP contribution in [-0.4, -0.2) is 75.5 Å². The van der Waals surface area contributed by atoms with E-state index in [1.54, 1.807) is 26.0 Å². The quantitative estimate of drug-likeness (QED) is 0.534. The van der Waals surface area contributed by atoms with E-state index in [4.69, 9.17) is 14.2 Å². The van der Waals surface area contributed by atoms with E-state index in [2.05, 4.69) is 10.6 Å². The van der Waals surface area contributed by atoms with Gasteiger partial charge in [-0.05, 0) is 64.4 Å². The standard InChI is InChI=1S/C21H32N2O7S/c1-15(2)31(26,27)19-5-3-4-18(10-19)28-13-17(24)14-29-20(25)23-16-11-21(30-12-16)6-8-22-9-7-21/h3-5,10,15-17,22,24H,6-9,11-14H2,1-2H3,(H,23,25)/t16-,17+/m1/s1. The van der Waals surface area contributed by atoms with Gasteiger partial charge in [-0.25, -0.2) is 13.2 Å². The number of amides is 1. The second-order valence-electron chi connectivity index (χ2n) is 8.42. The lowest BCUT2D eigenvalue weighted by atomic mass is 9.88. The smallest absolute Gasteiger partial charge is 0.407 e. The molecule has 0 aliphatic carbocycles. The molecule has 2 aliphatic heterocycles. The monoisotopic (exact) mass is 456 g/mol. The number of hydrogen-bond acceptors (Lipinski definition) is 8. The Bertz CT molecular complexity index is 853. The highest BCUT2D eigenvalue weighted by Gasteiger charge is 2.41. The van der Waals surface area contributed by atoms with Crippen LogP contribution in [0.1, 0.15) is 33.1 Å². The molecule has 2 heterocycles. The number of hydrogen-bond donors (Lipinski definition) is 3. The van der Waals surface area contributed by atoms with E-state index in [1.807, 2.05) is 0 Å². The van der Waals surface area contributed by atoms with Crippen LogP contribution in [0.5, 0.6) is 5.75 Å². The largest absolute Gasteiger partial charge is 0.491 e. The zero-order chi connectivity index (χ0) is 22.5. The fourth-order valence-corrected chi connectivity index (χ4v) is 4.89. The summed E-state index contributed by atoms with van der Waals surface area (Å²) in [6, 6.07) is 6.01. The number of carbonyl (C=O) groups excluding carboxylic acids is 1. The van der Waals surface area contributed by atoms with Crippen molar-refractivity contribution in [3.05, 3.63) is 24.3 Å². The molecule has 1 spiro atoms. The van der Waals surface area contributed by atoms with Crippen molar-refractivity contribution < 1.29 is 32.5 Å². The Morgan fingerprint density at radius 1 is 1.32 bits per heavy atom. The third-order valence-corrected chi connectivity index (χ3v) is 7.80. The van der Waals surface area contributed by atoms with E-state index in [1.165, 1.54) is 12.1 Å². The van der Waals surface area contributed by atoms with Crippen LogP contribution >= 0.6 is 0 Å². The Morgan fingerprint density at radius 3 is 2.77 bits per heavy atom. The molecule has 2 atom stereocenters. The van der Waals surface area contributed by atoms with Crippen LogP contribution in [0.25, 0.3) is 0 Å². The van der Waals surface area contributed by atoms with Gasteiger partial charge in [0.1, 0.15) is 25.1 Å². The SMILES string of the molecule is CC(C)S(=O)(=O)c1cccc(OC[C@H](O)COC(=O)N[C@H]2COC3(CCNCC3)C2)c1. The highest BCUT2D eigenvalue weighted by atomic mass is 32.2. The molecule has 9 nitrogen and oxygen atoms in total. The first-order valence-corrected chi connectivity index (χ1v) is 12.2. The van der Waals surface area contributed by atoms with Crippen molar-refractivity contribution in [2.75, 3.05) is 32.9 Å². The Hall–Kier alpha value is -1.88. The molecule has 2 saturated heterocycles. The average Bonchev–Trinajstić information content (AvgIpc) is 3.12. The first-order valence-electron chi connectivity index (χ1n) is 10.6. The van der Waals surface area contributed by atoms with Gasteiger partial charge in [0.2, 0.25) is 0 Å². The zero-order valence-electron chi connectivity index (χ0n) is 18.0. The Balaban J connectivity index is 1.39. The summed E-state index contributed by atoms with van der Waals surface area (Å²) >= 11 is 0. The number of alkyl carbamates (subject to hydrolysis) is 1. The van der Waals surface area contributed by atoms with Crippen molar-refractivity contribution in [1.82, 2.24) is 10.6 Å². The molecule has 2 aliphatic rings. The minimum absolute atomic E-state index is 0.107. The van der Waals surface area contributed by atoms with Crippen LogP contribution in [0.2, 0.25) is 0 Å². The molecule has 0 saturated carbocycles. The molecule has 3 rings (SSSR count). The first-order chi connectivity index (χ1) is 14.7. The number of aliphatic hydroxyl groups is 1. The summed E-state index contributed by atoms with van der Waals surface area (Å²) < 4.78 is 41.0. The van der Waals surface area contributed by atoms with Crippen molar-refractivity contribution in [3.8, 4) is 5.75 Å². The molecule has 2 fully saturated rings. The maximum Gasteiger partial charge on any atom is 0.407 e. The maximum atomic E-state index is 12.3. The number of rotatable bonds is 8. The zero-order valence-corrected chi connectivity index (χ0v) is 18.8. The van der Waals surface area contributed by atoms with Gasteiger partial charge in [0, 0.05) is 0 Å². The minimum atomic E-state index is -3.42. The second kappa shape index (κ2) is 10.2. The third-order valence-electron chi connectivity index (χ3n) is 5.65. The molecule has 0 unspecified atom stereocenters. The lowest BCUT2D eigenvalue weighted by molar-refractivity contribution is -0.0194. The van der Waals surface area contributed by atoms with Crippen molar-refractivity contribution >= 4 is 15.9 Å². The van der Waals surface area contributed by atoms with Gasteiger partial charge in [-0.2, -0.15) is 0 Å². The summed E-state index contributed by atoms with van der Waals surface area (Å²) in [5, 5.41) is 15.6. The maximum absolute atomic E-state index is 12.3. The summed E-state index contributed by atoms with van der Waals surface area (Å²) in [6.07, 6.45) is 0.951. The van der Waals surface area contributed by atoms with Crippen LogP contribution in [0.3, 0.4) is 0 Å². The molecule has 10 heteroatoms.